The van der Waals surface area contributed by atoms with Gasteiger partial charge in [0.25, 0.3) is 0 Å². The van der Waals surface area contributed by atoms with Gasteiger partial charge in [-0.15, -0.1) is 11.8 Å². The highest BCUT2D eigenvalue weighted by molar-refractivity contribution is 9.10. The van der Waals surface area contributed by atoms with Crippen LogP contribution in [-0.2, 0) is 0 Å². The number of aliphatic hydroxyl groups excluding tert-OH is 2. The summed E-state index contributed by atoms with van der Waals surface area (Å²) >= 11 is 5.07. The molecule has 0 aliphatic carbocycles. The van der Waals surface area contributed by atoms with E-state index in [2.05, 4.69) is 15.9 Å². The Morgan fingerprint density at radius 2 is 2.20 bits per heavy atom. The minimum atomic E-state index is -0.449. The van der Waals surface area contributed by atoms with Gasteiger partial charge in [-0.25, -0.2) is 0 Å². The molecule has 4 heteroatoms. The van der Waals surface area contributed by atoms with Gasteiger partial charge in [0.15, 0.2) is 0 Å². The quantitative estimate of drug-likeness (QED) is 0.647. The van der Waals surface area contributed by atoms with Crippen molar-refractivity contribution in [2.75, 3.05) is 12.4 Å². The molecule has 1 aromatic rings. The molecule has 15 heavy (non-hydrogen) atoms. The van der Waals surface area contributed by atoms with E-state index >= 15 is 0 Å². The van der Waals surface area contributed by atoms with Gasteiger partial charge in [0, 0.05) is 21.7 Å². The monoisotopic (exact) mass is 290 g/mol. The lowest BCUT2D eigenvalue weighted by molar-refractivity contribution is 0.196. The Balaban J connectivity index is 2.77. The maximum Gasteiger partial charge on any atom is 0.0772 e. The second-order valence-electron chi connectivity index (χ2n) is 3.28. The fourth-order valence-electron chi connectivity index (χ4n) is 1.23. The molecule has 1 unspecified atom stereocenters. The van der Waals surface area contributed by atoms with Crippen LogP contribution in [-0.4, -0.2) is 22.6 Å². The van der Waals surface area contributed by atoms with Crippen LogP contribution in [0.2, 0.25) is 0 Å². The zero-order chi connectivity index (χ0) is 11.3. The lowest BCUT2D eigenvalue weighted by Gasteiger charge is -2.11. The van der Waals surface area contributed by atoms with Crippen LogP contribution in [0.25, 0.3) is 0 Å². The summed E-state index contributed by atoms with van der Waals surface area (Å²) in [4.78, 5) is 1.08. The summed E-state index contributed by atoms with van der Waals surface area (Å²) in [5.74, 6) is 0.868. The molecule has 0 fully saturated rings. The first-order valence-electron chi connectivity index (χ1n) is 4.86. The van der Waals surface area contributed by atoms with Gasteiger partial charge in [-0.2, -0.15) is 0 Å². The number of hydrogen-bond donors (Lipinski definition) is 2. The fourth-order valence-corrected chi connectivity index (χ4v) is 2.85. The van der Waals surface area contributed by atoms with Gasteiger partial charge in [-0.1, -0.05) is 22.0 Å². The Morgan fingerprint density at radius 1 is 1.47 bits per heavy atom. The third-order valence-corrected chi connectivity index (χ3v) is 3.64. The van der Waals surface area contributed by atoms with E-state index in [1.54, 1.807) is 18.7 Å². The van der Waals surface area contributed by atoms with Crippen LogP contribution in [0.4, 0.5) is 0 Å². The first-order chi connectivity index (χ1) is 7.15. The average molecular weight is 291 g/mol. The third-order valence-electron chi connectivity index (χ3n) is 1.99. The van der Waals surface area contributed by atoms with E-state index in [0.717, 1.165) is 27.1 Å². The Morgan fingerprint density at radius 3 is 2.80 bits per heavy atom. The number of rotatable bonds is 5. The smallest absolute Gasteiger partial charge is 0.0772 e. The third kappa shape index (κ3) is 4.15. The molecule has 0 bridgehead atoms. The number of hydrogen-bond acceptors (Lipinski definition) is 3. The van der Waals surface area contributed by atoms with Crippen molar-refractivity contribution in [3.8, 4) is 0 Å². The molecule has 2 nitrogen and oxygen atoms in total. The van der Waals surface area contributed by atoms with E-state index in [9.17, 15) is 5.11 Å². The number of benzene rings is 1. The van der Waals surface area contributed by atoms with E-state index in [1.165, 1.54) is 0 Å². The van der Waals surface area contributed by atoms with Gasteiger partial charge in [0.2, 0.25) is 0 Å². The van der Waals surface area contributed by atoms with Crippen molar-refractivity contribution in [2.24, 2.45) is 0 Å². The lowest BCUT2D eigenvalue weighted by atomic mass is 10.1. The SMILES string of the molecule is CC(O)c1ccc(Br)cc1SCCCO. The molecule has 0 saturated carbocycles. The van der Waals surface area contributed by atoms with Crippen LogP contribution in [0.5, 0.6) is 0 Å². The minimum Gasteiger partial charge on any atom is -0.396 e. The predicted molar refractivity (Wildman–Crippen MR) is 67.2 cm³/mol. The molecule has 2 N–H and O–H groups in total. The van der Waals surface area contributed by atoms with Crippen LogP contribution in [0, 0.1) is 0 Å². The van der Waals surface area contributed by atoms with Crippen molar-refractivity contribution in [1.29, 1.82) is 0 Å². The highest BCUT2D eigenvalue weighted by Crippen LogP contribution is 2.30. The highest BCUT2D eigenvalue weighted by Gasteiger charge is 2.08. The second kappa shape index (κ2) is 6.53. The van der Waals surface area contributed by atoms with Crippen LogP contribution < -0.4 is 0 Å². The molecule has 1 atom stereocenters. The number of aliphatic hydroxyl groups is 2. The van der Waals surface area contributed by atoms with Crippen molar-refractivity contribution in [2.45, 2.75) is 24.3 Å². The van der Waals surface area contributed by atoms with E-state index in [-0.39, 0.29) is 6.61 Å². The van der Waals surface area contributed by atoms with E-state index in [4.69, 9.17) is 5.11 Å². The summed E-state index contributed by atoms with van der Waals surface area (Å²) in [6.45, 7) is 1.98. The summed E-state index contributed by atoms with van der Waals surface area (Å²) in [5, 5.41) is 18.3. The highest BCUT2D eigenvalue weighted by atomic mass is 79.9. The zero-order valence-electron chi connectivity index (χ0n) is 8.61. The average Bonchev–Trinajstić information content (AvgIpc) is 2.18. The van der Waals surface area contributed by atoms with E-state index < -0.39 is 6.10 Å². The van der Waals surface area contributed by atoms with Gasteiger partial charge in [0.1, 0.15) is 0 Å². The van der Waals surface area contributed by atoms with Crippen LogP contribution in [0.15, 0.2) is 27.6 Å². The second-order valence-corrected chi connectivity index (χ2v) is 5.34. The van der Waals surface area contributed by atoms with Gasteiger partial charge in [-0.3, -0.25) is 0 Å². The summed E-state index contributed by atoms with van der Waals surface area (Å²) < 4.78 is 1.01. The van der Waals surface area contributed by atoms with Gasteiger partial charge in [-0.05, 0) is 31.0 Å². The summed E-state index contributed by atoms with van der Waals surface area (Å²) in [7, 11) is 0. The summed E-state index contributed by atoms with van der Waals surface area (Å²) in [5.41, 5.74) is 0.945. The van der Waals surface area contributed by atoms with Crippen molar-refractivity contribution in [3.05, 3.63) is 28.2 Å². The van der Waals surface area contributed by atoms with Gasteiger partial charge in [0.05, 0.1) is 6.10 Å². The number of thioether (sulfide) groups is 1. The molecular formula is C11H15BrO2S. The topological polar surface area (TPSA) is 40.5 Å². The molecule has 0 aliphatic rings. The van der Waals surface area contributed by atoms with E-state index in [0.29, 0.717) is 0 Å². The maximum absolute atomic E-state index is 9.57. The first kappa shape index (κ1) is 13.0. The summed E-state index contributed by atoms with van der Waals surface area (Å²) in [6, 6.07) is 5.86. The van der Waals surface area contributed by atoms with E-state index in [1.807, 2.05) is 18.2 Å². The van der Waals surface area contributed by atoms with Gasteiger partial charge < -0.3 is 10.2 Å². The summed E-state index contributed by atoms with van der Waals surface area (Å²) in [6.07, 6.45) is 0.325. The molecule has 0 aliphatic heterocycles. The Labute approximate surface area is 103 Å². The normalized spacial score (nSPS) is 12.8. The lowest BCUT2D eigenvalue weighted by Crippen LogP contribution is -1.95. The van der Waals surface area contributed by atoms with Crippen LogP contribution in [0.1, 0.15) is 25.0 Å². The van der Waals surface area contributed by atoms with Gasteiger partial charge >= 0.3 is 0 Å². The molecule has 1 rings (SSSR count). The Hall–Kier alpha value is -0.0300. The molecule has 0 aromatic heterocycles. The first-order valence-corrected chi connectivity index (χ1v) is 6.64. The van der Waals surface area contributed by atoms with Crippen molar-refractivity contribution < 1.29 is 10.2 Å². The molecule has 0 amide bonds. The molecule has 0 spiro atoms. The maximum atomic E-state index is 9.57. The van der Waals surface area contributed by atoms with Crippen molar-refractivity contribution in [1.82, 2.24) is 0 Å². The molecule has 0 saturated heterocycles. The molecular weight excluding hydrogens is 276 g/mol. The fraction of sp³-hybridized carbons (Fsp3) is 0.455. The molecule has 84 valence electrons. The number of halogens is 1. The van der Waals surface area contributed by atoms with Crippen molar-refractivity contribution in [3.63, 3.8) is 0 Å². The molecule has 0 heterocycles. The standard InChI is InChI=1S/C11H15BrO2S/c1-8(14)10-4-3-9(12)7-11(10)15-6-2-5-13/h3-4,7-8,13-14H,2,5-6H2,1H3. The predicted octanol–water partition coefficient (Wildman–Crippen LogP) is 2.98. The van der Waals surface area contributed by atoms with Crippen molar-refractivity contribution >= 4 is 27.7 Å². The minimum absolute atomic E-state index is 0.213. The van der Waals surface area contributed by atoms with Crippen LogP contribution >= 0.6 is 27.7 Å². The Kier molecular flexibility index (Phi) is 5.68. The Bertz CT molecular complexity index is 315. The van der Waals surface area contributed by atoms with Crippen LogP contribution in [0.3, 0.4) is 0 Å². The molecule has 1 aromatic carbocycles. The largest absolute Gasteiger partial charge is 0.396 e. The molecule has 0 radical (unpaired) electrons. The zero-order valence-corrected chi connectivity index (χ0v) is 11.0.